The van der Waals surface area contributed by atoms with Gasteiger partial charge in [-0.3, -0.25) is 8.57 Å². The summed E-state index contributed by atoms with van der Waals surface area (Å²) in [5.74, 6) is -25.7. The zero-order chi connectivity index (χ0) is 62.8. The monoisotopic (exact) mass is 1360 g/mol. The standard InChI is InChI=1S/C23H47FO3S.2C12H16F10O3S.2K/c1-2-3-4-5-6-10-13-16-19-22-27-28(25,26)23-20-17-14-11-8-7-9-12-15-18-21-24;2*13-8(6-4-2-1-3-5-7-9(14,15)16)10(17,18)11(19,20)12(21,22)26(23,24)25;;/h2-23H2,1H3;2*8H,1-7H2,(H,23,24,25);;/q;;;2*+1/p-2. The zero-order valence-electron chi connectivity index (χ0n) is 46.4. The SMILES string of the molecule is CCCCCCCCCCCOS(=O)(=O)CCCCCCCCCCCCF.O=S(=O)([O-])C(F)(F)C(F)(F)C(F)(F)C(F)CCCCCCCC(F)(F)F.O=S(=O)([O-])C(F)(F)C(F)(F)C(F)(F)C(F)CCCCCCCC(F)(F)F.[K+].[K+]. The van der Waals surface area contributed by atoms with Crippen LogP contribution in [-0.4, -0.2) is 112 Å². The van der Waals surface area contributed by atoms with Gasteiger partial charge in [0.15, 0.2) is 32.6 Å². The minimum absolute atomic E-state index is 0. The summed E-state index contributed by atoms with van der Waals surface area (Å²) < 4.78 is 355. The molecule has 0 heterocycles. The van der Waals surface area contributed by atoms with Crippen LogP contribution in [0.25, 0.3) is 0 Å². The summed E-state index contributed by atoms with van der Waals surface area (Å²) in [6.07, 6.45) is -2.04. The fourth-order valence-corrected chi connectivity index (χ4v) is 9.21. The smallest absolute Gasteiger partial charge is 0.743 e. The van der Waals surface area contributed by atoms with E-state index < -0.39 is 128 Å². The van der Waals surface area contributed by atoms with E-state index in [9.17, 15) is 127 Å². The normalized spacial score (nSPS) is 14.2. The van der Waals surface area contributed by atoms with Gasteiger partial charge in [0, 0.05) is 12.8 Å². The Morgan fingerprint density at radius 3 is 0.915 bits per heavy atom. The molecule has 0 aliphatic rings. The van der Waals surface area contributed by atoms with E-state index in [1.54, 1.807) is 0 Å². The molecule has 0 spiro atoms. The largest absolute Gasteiger partial charge is 1.00 e. The molecule has 0 aromatic carbocycles. The Bertz CT molecular complexity index is 1840. The van der Waals surface area contributed by atoms with Gasteiger partial charge in [-0.15, -0.1) is 0 Å². The predicted molar refractivity (Wildman–Crippen MR) is 255 cm³/mol. The minimum Gasteiger partial charge on any atom is -0.743 e. The van der Waals surface area contributed by atoms with Gasteiger partial charge in [0.2, 0.25) is 0 Å². The van der Waals surface area contributed by atoms with Crippen molar-refractivity contribution < 1.29 is 234 Å². The molecular weight excluding hydrogens is 1280 g/mol. The van der Waals surface area contributed by atoms with Crippen molar-refractivity contribution in [2.45, 2.75) is 278 Å². The van der Waals surface area contributed by atoms with Crippen LogP contribution in [0.5, 0.6) is 0 Å². The van der Waals surface area contributed by atoms with Gasteiger partial charge in [-0.25, -0.2) is 25.6 Å². The first-order chi connectivity index (χ1) is 36.4. The van der Waals surface area contributed by atoms with Crippen LogP contribution in [0.1, 0.15) is 219 Å². The number of unbranched alkanes of at least 4 members (excludes halogenated alkanes) is 25. The number of hydrogen-bond donors (Lipinski definition) is 0. The molecule has 0 radical (unpaired) electrons. The van der Waals surface area contributed by atoms with Crippen molar-refractivity contribution in [2.75, 3.05) is 19.0 Å². The van der Waals surface area contributed by atoms with Crippen molar-refractivity contribution in [3.05, 3.63) is 0 Å². The average molecular weight is 1360 g/mol. The van der Waals surface area contributed by atoms with E-state index in [0.29, 0.717) is 19.4 Å². The Labute approximate surface area is 554 Å². The molecule has 0 N–H and O–H groups in total. The Morgan fingerprint density at radius 1 is 0.378 bits per heavy atom. The van der Waals surface area contributed by atoms with Crippen LogP contribution in [0.15, 0.2) is 0 Å². The molecule has 0 aromatic heterocycles. The summed E-state index contributed by atoms with van der Waals surface area (Å²) >= 11 is 0. The molecule has 0 rings (SSSR count). The summed E-state index contributed by atoms with van der Waals surface area (Å²) in [7, 11) is -17.7. The van der Waals surface area contributed by atoms with E-state index in [4.69, 9.17) is 4.18 Å². The van der Waals surface area contributed by atoms with Crippen LogP contribution in [-0.2, 0) is 34.5 Å². The molecule has 0 aliphatic carbocycles. The molecule has 0 amide bonds. The molecule has 486 valence electrons. The fraction of sp³-hybridized carbons (Fsp3) is 1.00. The molecule has 0 aromatic rings. The second kappa shape index (κ2) is 44.9. The van der Waals surface area contributed by atoms with Crippen LogP contribution in [0.3, 0.4) is 0 Å². The van der Waals surface area contributed by atoms with Crippen molar-refractivity contribution >= 4 is 30.4 Å². The van der Waals surface area contributed by atoms with Gasteiger partial charge < -0.3 is 9.11 Å². The molecule has 0 aliphatic heterocycles. The van der Waals surface area contributed by atoms with Crippen LogP contribution in [0.4, 0.5) is 92.2 Å². The Balaban J connectivity index is -0.000000357. The molecule has 2 atom stereocenters. The van der Waals surface area contributed by atoms with E-state index in [-0.39, 0.29) is 167 Å². The summed E-state index contributed by atoms with van der Waals surface area (Å²) in [6.45, 7) is 2.39. The van der Waals surface area contributed by atoms with Crippen LogP contribution >= 0.6 is 0 Å². The molecule has 0 saturated heterocycles. The Hall–Kier alpha value is 1.53. The summed E-state index contributed by atoms with van der Waals surface area (Å²) in [5, 5.41) is -13.5. The van der Waals surface area contributed by atoms with Crippen molar-refractivity contribution in [3.63, 3.8) is 0 Å². The van der Waals surface area contributed by atoms with Crippen LogP contribution < -0.4 is 103 Å². The molecule has 0 saturated carbocycles. The second-order valence-corrected chi connectivity index (χ2v) is 23.9. The summed E-state index contributed by atoms with van der Waals surface area (Å²) in [6, 6.07) is 0. The van der Waals surface area contributed by atoms with E-state index in [0.717, 1.165) is 38.5 Å². The maximum absolute atomic E-state index is 13.3. The van der Waals surface area contributed by atoms with E-state index in [1.165, 1.54) is 70.6 Å². The van der Waals surface area contributed by atoms with Crippen LogP contribution in [0.2, 0.25) is 0 Å². The molecule has 9 nitrogen and oxygen atoms in total. The first kappa shape index (κ1) is 92.3. The zero-order valence-corrected chi connectivity index (χ0v) is 55.1. The second-order valence-electron chi connectivity index (χ2n) is 19.3. The van der Waals surface area contributed by atoms with E-state index in [1.807, 2.05) is 0 Å². The average Bonchev–Trinajstić information content (AvgIpc) is 3.31. The van der Waals surface area contributed by atoms with E-state index >= 15 is 0 Å². The number of hydrogen-bond acceptors (Lipinski definition) is 9. The quantitative estimate of drug-likeness (QED) is 0.0190. The fourth-order valence-electron chi connectivity index (χ4n) is 7.26. The third-order valence-electron chi connectivity index (χ3n) is 12.1. The van der Waals surface area contributed by atoms with Gasteiger partial charge in [0.1, 0.15) is 0 Å². The number of rotatable bonds is 45. The predicted octanol–water partition coefficient (Wildman–Crippen LogP) is 11.8. The van der Waals surface area contributed by atoms with Gasteiger partial charge in [-0.05, 0) is 44.9 Å². The van der Waals surface area contributed by atoms with Gasteiger partial charge >= 0.3 is 149 Å². The van der Waals surface area contributed by atoms with Crippen molar-refractivity contribution in [2.24, 2.45) is 0 Å². The Morgan fingerprint density at radius 2 is 0.634 bits per heavy atom. The topological polar surface area (TPSA) is 158 Å². The summed E-state index contributed by atoms with van der Waals surface area (Å²) in [4.78, 5) is 0. The third kappa shape index (κ3) is 38.9. The third-order valence-corrected chi connectivity index (χ3v) is 15.2. The minimum atomic E-state index is -7.20. The van der Waals surface area contributed by atoms with Gasteiger partial charge in [-0.2, -0.15) is 87.4 Å². The number of halogens is 21. The molecule has 0 bridgehead atoms. The molecular formula is C47H77F21K2O9S3. The first-order valence-corrected chi connectivity index (χ1v) is 30.8. The van der Waals surface area contributed by atoms with Crippen LogP contribution in [0, 0.1) is 0 Å². The Kier molecular flexibility index (Phi) is 50.5. The molecule has 82 heavy (non-hydrogen) atoms. The number of alkyl halides is 21. The molecule has 2 unspecified atom stereocenters. The maximum atomic E-state index is 13.3. The maximum Gasteiger partial charge on any atom is 1.00 e. The molecule has 35 heteroatoms. The van der Waals surface area contributed by atoms with E-state index in [2.05, 4.69) is 6.92 Å². The molecule has 0 fully saturated rings. The van der Waals surface area contributed by atoms with Gasteiger partial charge in [-0.1, -0.05) is 161 Å². The first-order valence-electron chi connectivity index (χ1n) is 26.4. The van der Waals surface area contributed by atoms with Gasteiger partial charge in [0.05, 0.1) is 19.0 Å². The summed E-state index contributed by atoms with van der Waals surface area (Å²) in [5.41, 5.74) is 0. The van der Waals surface area contributed by atoms with Gasteiger partial charge in [0.25, 0.3) is 10.1 Å². The van der Waals surface area contributed by atoms with Crippen molar-refractivity contribution in [1.29, 1.82) is 0 Å². The van der Waals surface area contributed by atoms with Crippen molar-refractivity contribution in [3.8, 4) is 0 Å². The van der Waals surface area contributed by atoms with Crippen molar-refractivity contribution in [1.82, 2.24) is 0 Å².